The maximum Gasteiger partial charge on any atom is 0.167 e. The molecule has 182 valence electrons. The minimum absolute atomic E-state index is 0.0481. The van der Waals surface area contributed by atoms with Crippen LogP contribution in [0.5, 0.6) is 11.5 Å². The summed E-state index contributed by atoms with van der Waals surface area (Å²) < 4.78 is 21.9. The number of methoxy groups -OCH3 is 3. The fourth-order valence-electron chi connectivity index (χ4n) is 3.84. The second kappa shape index (κ2) is 13.7. The quantitative estimate of drug-likeness (QED) is 0.358. The lowest BCUT2D eigenvalue weighted by Crippen LogP contribution is -2.36. The monoisotopic (exact) mass is 465 g/mol. The first-order valence-electron chi connectivity index (χ1n) is 11.5. The van der Waals surface area contributed by atoms with Gasteiger partial charge in [-0.15, -0.1) is 0 Å². The fourth-order valence-corrected chi connectivity index (χ4v) is 3.84. The highest BCUT2D eigenvalue weighted by Gasteiger charge is 2.19. The largest absolute Gasteiger partial charge is 0.497 e. The maximum atomic E-state index is 10.8. The van der Waals surface area contributed by atoms with Crippen LogP contribution >= 0.6 is 0 Å². The Hall–Kier alpha value is -2.90. The average molecular weight is 466 g/mol. The molecular formula is C28H35NO5. The molecule has 6 nitrogen and oxygen atoms in total. The van der Waals surface area contributed by atoms with Gasteiger partial charge in [0.1, 0.15) is 11.5 Å². The molecule has 0 aliphatic carbocycles. The summed E-state index contributed by atoms with van der Waals surface area (Å²) in [5.41, 5.74) is 3.34. The molecule has 0 heterocycles. The van der Waals surface area contributed by atoms with E-state index in [-0.39, 0.29) is 5.92 Å². The minimum atomic E-state index is -0.931. The highest BCUT2D eigenvalue weighted by molar-refractivity contribution is 5.38. The van der Waals surface area contributed by atoms with Crippen LogP contribution in [0.2, 0.25) is 0 Å². The summed E-state index contributed by atoms with van der Waals surface area (Å²) in [6.07, 6.45) is -0.931. The Labute approximate surface area is 202 Å². The van der Waals surface area contributed by atoms with Crippen molar-refractivity contribution in [3.05, 3.63) is 95.6 Å². The van der Waals surface area contributed by atoms with Gasteiger partial charge in [0.2, 0.25) is 0 Å². The van der Waals surface area contributed by atoms with Crippen molar-refractivity contribution in [1.82, 2.24) is 4.90 Å². The van der Waals surface area contributed by atoms with Crippen molar-refractivity contribution in [3.8, 4) is 11.5 Å². The zero-order chi connectivity index (χ0) is 24.2. The van der Waals surface area contributed by atoms with Gasteiger partial charge in [0.15, 0.2) is 6.29 Å². The first-order chi connectivity index (χ1) is 16.6. The number of hydrogen-bond donors (Lipinski definition) is 1. The van der Waals surface area contributed by atoms with Gasteiger partial charge in [0.05, 0.1) is 27.4 Å². The first kappa shape index (κ1) is 25.7. The Bertz CT molecular complexity index is 899. The fraction of sp³-hybridized carbons (Fsp3) is 0.357. The molecule has 0 bridgehead atoms. The van der Waals surface area contributed by atoms with Crippen molar-refractivity contribution in [2.75, 3.05) is 47.6 Å². The summed E-state index contributed by atoms with van der Waals surface area (Å²) in [6.45, 7) is 2.72. The van der Waals surface area contributed by atoms with Crippen LogP contribution in [0.1, 0.15) is 22.6 Å². The average Bonchev–Trinajstić information content (AvgIpc) is 2.88. The van der Waals surface area contributed by atoms with Crippen LogP contribution in [0.4, 0.5) is 0 Å². The SMILES string of the molecule is COCCN(Cc1ccccc1)CC(O)OCC(c1ccc(OC)cc1)c1ccc(OC)cc1. The molecule has 1 N–H and O–H groups in total. The van der Waals surface area contributed by atoms with Crippen LogP contribution in [0.3, 0.4) is 0 Å². The van der Waals surface area contributed by atoms with E-state index in [9.17, 15) is 5.11 Å². The van der Waals surface area contributed by atoms with Gasteiger partial charge in [0.25, 0.3) is 0 Å². The van der Waals surface area contributed by atoms with Gasteiger partial charge in [-0.3, -0.25) is 4.90 Å². The Balaban J connectivity index is 1.69. The van der Waals surface area contributed by atoms with Gasteiger partial charge < -0.3 is 24.1 Å². The molecule has 0 amide bonds. The standard InChI is InChI=1S/C28H35NO5/c1-31-18-17-29(19-22-7-5-4-6-8-22)20-28(30)34-21-27(23-9-13-25(32-2)14-10-23)24-11-15-26(33-3)16-12-24/h4-16,27-28,30H,17-21H2,1-3H3. The predicted octanol–water partition coefficient (Wildman–Crippen LogP) is 4.32. The molecule has 0 fully saturated rings. The van der Waals surface area contributed by atoms with Crippen molar-refractivity contribution in [2.24, 2.45) is 0 Å². The number of benzene rings is 3. The van der Waals surface area contributed by atoms with Crippen LogP contribution in [0.25, 0.3) is 0 Å². The topological polar surface area (TPSA) is 60.4 Å². The summed E-state index contributed by atoms with van der Waals surface area (Å²) in [6, 6.07) is 26.1. The summed E-state index contributed by atoms with van der Waals surface area (Å²) in [5, 5.41) is 10.8. The summed E-state index contributed by atoms with van der Waals surface area (Å²) in [5.74, 6) is 1.55. The third-order valence-electron chi connectivity index (χ3n) is 5.77. The molecule has 0 spiro atoms. The number of nitrogens with zero attached hydrogens (tertiary/aromatic N) is 1. The highest BCUT2D eigenvalue weighted by atomic mass is 16.6. The molecular weight excluding hydrogens is 430 g/mol. The Morgan fingerprint density at radius 1 is 0.765 bits per heavy atom. The van der Waals surface area contributed by atoms with Gasteiger partial charge in [-0.1, -0.05) is 54.6 Å². The van der Waals surface area contributed by atoms with Crippen LogP contribution < -0.4 is 9.47 Å². The van der Waals surface area contributed by atoms with Crippen LogP contribution in [-0.4, -0.2) is 63.9 Å². The molecule has 3 aromatic rings. The number of rotatable bonds is 14. The lowest BCUT2D eigenvalue weighted by atomic mass is 9.92. The van der Waals surface area contributed by atoms with Crippen LogP contribution in [0, 0.1) is 0 Å². The Morgan fingerprint density at radius 3 is 1.82 bits per heavy atom. The van der Waals surface area contributed by atoms with Gasteiger partial charge in [0, 0.05) is 32.7 Å². The zero-order valence-corrected chi connectivity index (χ0v) is 20.2. The van der Waals surface area contributed by atoms with E-state index in [1.807, 2.05) is 66.7 Å². The molecule has 1 atom stereocenters. The molecule has 6 heteroatoms. The third-order valence-corrected chi connectivity index (χ3v) is 5.77. The third kappa shape index (κ3) is 7.85. The Kier molecular flexibility index (Phi) is 10.4. The van der Waals surface area contributed by atoms with E-state index < -0.39 is 6.29 Å². The van der Waals surface area contributed by atoms with Crippen molar-refractivity contribution in [2.45, 2.75) is 18.8 Å². The van der Waals surface area contributed by atoms with E-state index in [1.54, 1.807) is 21.3 Å². The van der Waals surface area contributed by atoms with Crippen LogP contribution in [-0.2, 0) is 16.0 Å². The van der Waals surface area contributed by atoms with E-state index in [1.165, 1.54) is 5.56 Å². The van der Waals surface area contributed by atoms with E-state index in [2.05, 4.69) is 17.0 Å². The van der Waals surface area contributed by atoms with E-state index in [4.69, 9.17) is 18.9 Å². The predicted molar refractivity (Wildman–Crippen MR) is 133 cm³/mol. The van der Waals surface area contributed by atoms with E-state index >= 15 is 0 Å². The normalized spacial score (nSPS) is 12.2. The van der Waals surface area contributed by atoms with Gasteiger partial charge in [-0.25, -0.2) is 0 Å². The summed E-state index contributed by atoms with van der Waals surface area (Å²) >= 11 is 0. The number of hydrogen-bond acceptors (Lipinski definition) is 6. The summed E-state index contributed by atoms with van der Waals surface area (Å²) in [4.78, 5) is 2.14. The maximum absolute atomic E-state index is 10.8. The number of ether oxygens (including phenoxy) is 4. The van der Waals surface area contributed by atoms with Crippen molar-refractivity contribution in [3.63, 3.8) is 0 Å². The molecule has 34 heavy (non-hydrogen) atoms. The van der Waals surface area contributed by atoms with Gasteiger partial charge in [-0.05, 0) is 41.0 Å². The molecule has 0 aliphatic heterocycles. The number of aliphatic hydroxyl groups is 1. The molecule has 3 aromatic carbocycles. The first-order valence-corrected chi connectivity index (χ1v) is 11.5. The molecule has 3 rings (SSSR count). The number of aliphatic hydroxyl groups excluding tert-OH is 1. The van der Waals surface area contributed by atoms with E-state index in [0.717, 1.165) is 22.6 Å². The van der Waals surface area contributed by atoms with Crippen molar-refractivity contribution >= 4 is 0 Å². The second-order valence-electron chi connectivity index (χ2n) is 8.10. The van der Waals surface area contributed by atoms with Gasteiger partial charge >= 0.3 is 0 Å². The Morgan fingerprint density at radius 2 is 1.32 bits per heavy atom. The lowest BCUT2D eigenvalue weighted by Gasteiger charge is -2.26. The zero-order valence-electron chi connectivity index (χ0n) is 20.2. The van der Waals surface area contributed by atoms with Crippen molar-refractivity contribution < 1.29 is 24.1 Å². The molecule has 0 saturated heterocycles. The molecule has 0 radical (unpaired) electrons. The smallest absolute Gasteiger partial charge is 0.167 e. The van der Waals surface area contributed by atoms with Gasteiger partial charge in [-0.2, -0.15) is 0 Å². The summed E-state index contributed by atoms with van der Waals surface area (Å²) in [7, 11) is 4.99. The minimum Gasteiger partial charge on any atom is -0.497 e. The molecule has 0 saturated carbocycles. The molecule has 1 unspecified atom stereocenters. The lowest BCUT2D eigenvalue weighted by molar-refractivity contribution is -0.117. The van der Waals surface area contributed by atoms with Crippen molar-refractivity contribution in [1.29, 1.82) is 0 Å². The van der Waals surface area contributed by atoms with E-state index in [0.29, 0.717) is 32.8 Å². The van der Waals surface area contributed by atoms with Crippen LogP contribution in [0.15, 0.2) is 78.9 Å². The molecule has 0 aromatic heterocycles. The second-order valence-corrected chi connectivity index (χ2v) is 8.10. The molecule has 0 aliphatic rings. The highest BCUT2D eigenvalue weighted by Crippen LogP contribution is 2.28.